The topological polar surface area (TPSA) is 237 Å². The van der Waals surface area contributed by atoms with Crippen LogP contribution < -0.4 is 0 Å². The number of ether oxygens (including phenoxy) is 4. The number of aliphatic hydroxyl groups is 1. The minimum absolute atomic E-state index is 0.0308. The second-order valence-electron chi connectivity index (χ2n) is 27.0. The summed E-state index contributed by atoms with van der Waals surface area (Å²) in [4.78, 5) is 73.1. The second kappa shape index (κ2) is 78.1. The number of hydrogen-bond donors (Lipinski definition) is 3. The molecule has 0 aliphatic carbocycles. The van der Waals surface area contributed by atoms with Crippen molar-refractivity contribution in [2.75, 3.05) is 39.6 Å². The maximum atomic E-state index is 13.1. The molecule has 17 nitrogen and oxygen atoms in total. The van der Waals surface area contributed by atoms with E-state index < -0.39 is 97.5 Å². The summed E-state index contributed by atoms with van der Waals surface area (Å²) >= 11 is 0. The van der Waals surface area contributed by atoms with Gasteiger partial charge >= 0.3 is 39.5 Å². The van der Waals surface area contributed by atoms with E-state index in [2.05, 4.69) is 155 Å². The maximum Gasteiger partial charge on any atom is 0.472 e. The fourth-order valence-corrected chi connectivity index (χ4v) is 12.1. The smallest absolute Gasteiger partial charge is 0.462 e. The Morgan fingerprint density at radius 3 is 0.840 bits per heavy atom. The molecule has 0 heterocycles. The van der Waals surface area contributed by atoms with Gasteiger partial charge in [-0.3, -0.25) is 37.3 Å². The molecule has 3 N–H and O–H groups in total. The van der Waals surface area contributed by atoms with Gasteiger partial charge in [-0.05, 0) is 141 Å². The van der Waals surface area contributed by atoms with Crippen molar-refractivity contribution in [2.24, 2.45) is 0 Å². The predicted octanol–water partition coefficient (Wildman–Crippen LogP) is 24.2. The van der Waals surface area contributed by atoms with Crippen LogP contribution in [0.15, 0.2) is 146 Å². The Hall–Kier alpha value is -5.06. The van der Waals surface area contributed by atoms with Crippen molar-refractivity contribution in [2.45, 2.75) is 341 Å². The van der Waals surface area contributed by atoms with E-state index in [-0.39, 0.29) is 25.7 Å². The van der Waals surface area contributed by atoms with Crippen molar-refractivity contribution in [3.8, 4) is 0 Å². The highest BCUT2D eigenvalue weighted by atomic mass is 31.2. The van der Waals surface area contributed by atoms with Gasteiger partial charge in [0.05, 0.1) is 26.4 Å². The maximum absolute atomic E-state index is 13.1. The second-order valence-corrected chi connectivity index (χ2v) is 29.9. The highest BCUT2D eigenvalue weighted by Gasteiger charge is 2.30. The fourth-order valence-electron chi connectivity index (χ4n) is 10.6. The van der Waals surface area contributed by atoms with Crippen molar-refractivity contribution in [1.82, 2.24) is 0 Å². The highest BCUT2D eigenvalue weighted by molar-refractivity contribution is 7.47. The van der Waals surface area contributed by atoms with Crippen molar-refractivity contribution >= 4 is 39.5 Å². The quantitative estimate of drug-likeness (QED) is 0.0169. The lowest BCUT2D eigenvalue weighted by Gasteiger charge is -2.21. The molecule has 0 amide bonds. The van der Waals surface area contributed by atoms with Gasteiger partial charge in [-0.15, -0.1) is 0 Å². The lowest BCUT2D eigenvalue weighted by molar-refractivity contribution is -0.161. The van der Waals surface area contributed by atoms with E-state index in [1.54, 1.807) is 0 Å². The molecule has 0 aromatic heterocycles. The molecular weight excluding hydrogens is 1380 g/mol. The molecule has 5 atom stereocenters. The van der Waals surface area contributed by atoms with Crippen LogP contribution in [0.1, 0.15) is 323 Å². The van der Waals surface area contributed by atoms with Crippen LogP contribution in [0.4, 0.5) is 0 Å². The monoisotopic (exact) mass is 1530 g/mol. The highest BCUT2D eigenvalue weighted by Crippen LogP contribution is 2.45. The van der Waals surface area contributed by atoms with Crippen LogP contribution in [-0.4, -0.2) is 96.7 Å². The summed E-state index contributed by atoms with van der Waals surface area (Å²) in [5.74, 6) is -2.32. The number of esters is 4. The number of carbonyl (C=O) groups excluding carboxylic acids is 4. The molecule has 0 saturated heterocycles. The molecule has 0 aliphatic heterocycles. The molecule has 0 aromatic rings. The Morgan fingerprint density at radius 2 is 0.509 bits per heavy atom. The molecule has 0 aromatic carbocycles. The van der Waals surface area contributed by atoms with Crippen LogP contribution >= 0.6 is 15.6 Å². The molecule has 0 spiro atoms. The summed E-state index contributed by atoms with van der Waals surface area (Å²) in [6.45, 7) is 4.58. The number of allylic oxidation sites excluding steroid dienone is 24. The molecule has 2 unspecified atom stereocenters. The average molecular weight is 1530 g/mol. The minimum atomic E-state index is -5.00. The van der Waals surface area contributed by atoms with E-state index in [1.807, 2.05) is 18.2 Å². The third kappa shape index (κ3) is 77.1. The molecular formula is C87H146O17P2. The number of phosphoric acid groups is 2. The lowest BCUT2D eigenvalue weighted by atomic mass is 10.0. The van der Waals surface area contributed by atoms with Crippen LogP contribution in [0.5, 0.6) is 0 Å². The number of carbonyl (C=O) groups is 4. The zero-order valence-corrected chi connectivity index (χ0v) is 68.1. The average Bonchev–Trinajstić information content (AvgIpc) is 0.902. The number of phosphoric ester groups is 2. The SMILES string of the molecule is CC/C=C\C/C=C\C/C=C\C/C=C\C/C=C\CCCCCC(=O)OC[C@H](COP(=O)(O)OC[C@@H](O)COP(=O)(O)OC[C@@H](COC(=O)CCCCCCCCCCCCCCC)OC(=O)CC/C=C\C/C=C\C/C=C\C/C=C\C/C=C\CCCCC)OC(=O)CCCCCCC/C=C\C/C=C\CCCCC. The van der Waals surface area contributed by atoms with Crippen LogP contribution in [0.3, 0.4) is 0 Å². The Balaban J connectivity index is 5.47. The van der Waals surface area contributed by atoms with Crippen molar-refractivity contribution < 1.29 is 80.2 Å². The van der Waals surface area contributed by atoms with Crippen LogP contribution in [0, 0.1) is 0 Å². The zero-order chi connectivity index (χ0) is 77.4. The number of aliphatic hydroxyl groups excluding tert-OH is 1. The Kier molecular flexibility index (Phi) is 74.3. The first-order chi connectivity index (χ1) is 51.7. The first-order valence-corrected chi connectivity index (χ1v) is 44.1. The van der Waals surface area contributed by atoms with Gasteiger partial charge in [-0.25, -0.2) is 9.13 Å². The molecule has 606 valence electrons. The van der Waals surface area contributed by atoms with Crippen molar-refractivity contribution in [1.29, 1.82) is 0 Å². The number of hydrogen-bond acceptors (Lipinski definition) is 15. The van der Waals surface area contributed by atoms with Gasteiger partial charge in [-0.1, -0.05) is 302 Å². The summed E-state index contributed by atoms with van der Waals surface area (Å²) in [6.07, 6.45) is 89.8. The van der Waals surface area contributed by atoms with Gasteiger partial charge in [-0.2, -0.15) is 0 Å². The molecule has 0 fully saturated rings. The molecule has 0 rings (SSSR count). The van der Waals surface area contributed by atoms with Gasteiger partial charge in [0.1, 0.15) is 19.3 Å². The van der Waals surface area contributed by atoms with E-state index in [0.29, 0.717) is 32.1 Å². The number of unbranched alkanes of at least 4 members (excludes halogenated alkanes) is 26. The fraction of sp³-hybridized carbons (Fsp3) is 0.678. The summed E-state index contributed by atoms with van der Waals surface area (Å²) in [7, 11) is -10.0. The zero-order valence-electron chi connectivity index (χ0n) is 66.3. The third-order valence-corrected chi connectivity index (χ3v) is 18.7. The van der Waals surface area contributed by atoms with Gasteiger partial charge in [0, 0.05) is 25.7 Å². The Labute approximate surface area is 643 Å². The Bertz CT molecular complexity index is 2580. The van der Waals surface area contributed by atoms with E-state index in [0.717, 1.165) is 148 Å². The normalized spacial score (nSPS) is 14.6. The van der Waals surface area contributed by atoms with Crippen LogP contribution in [0.2, 0.25) is 0 Å². The predicted molar refractivity (Wildman–Crippen MR) is 436 cm³/mol. The summed E-state index contributed by atoms with van der Waals surface area (Å²) < 4.78 is 68.6. The van der Waals surface area contributed by atoms with Crippen LogP contribution in [0.25, 0.3) is 0 Å². The molecule has 0 saturated carbocycles. The van der Waals surface area contributed by atoms with Crippen LogP contribution in [-0.2, 0) is 65.4 Å². The van der Waals surface area contributed by atoms with Gasteiger partial charge in [0.25, 0.3) is 0 Å². The van der Waals surface area contributed by atoms with Crippen molar-refractivity contribution in [3.63, 3.8) is 0 Å². The molecule has 0 bridgehead atoms. The van der Waals surface area contributed by atoms with E-state index >= 15 is 0 Å². The standard InChI is InChI=1S/C87H146O17P2/c1-5-9-13-17-21-25-29-33-36-38-40-42-45-48-52-56-60-64-68-72-85(90)98-78-83(103-86(91)73-69-65-61-57-53-49-44-35-31-27-23-19-15-11-7-3)80-102-106(95,96)100-76-81(88)75-99-105(93,94)101-79-82(77-97-84(89)71-67-63-59-55-51-47-32-28-24-20-16-12-8-4)104-87(92)74-70-66-62-58-54-50-46-43-41-39-37-34-30-26-22-18-14-10-6-2/h9,13,21-23,25-27,33-37,40-44,48,50,52,54,62,66,81-83,88H,5-8,10-12,14-20,24,28-32,38-39,45-47,49,51,53,55-61,63-65,67-80H2,1-4H3,(H,93,94)(H,95,96)/b13-9-,25-21-,26-22-,27-23-,36-33-,37-34-,42-40-,43-41-,44-35-,52-48-,54-50-,66-62-/t81-,82+,83+/m0/s1. The van der Waals surface area contributed by atoms with E-state index in [1.165, 1.54) is 89.9 Å². The summed E-state index contributed by atoms with van der Waals surface area (Å²) in [6, 6.07) is 0. The largest absolute Gasteiger partial charge is 0.472 e. The molecule has 0 aliphatic rings. The van der Waals surface area contributed by atoms with Gasteiger partial charge in [0.15, 0.2) is 12.2 Å². The lowest BCUT2D eigenvalue weighted by Crippen LogP contribution is -2.30. The first-order valence-electron chi connectivity index (χ1n) is 41.1. The Morgan fingerprint density at radius 1 is 0.274 bits per heavy atom. The minimum Gasteiger partial charge on any atom is -0.462 e. The summed E-state index contributed by atoms with van der Waals surface area (Å²) in [5, 5.41) is 10.6. The molecule has 106 heavy (non-hydrogen) atoms. The van der Waals surface area contributed by atoms with Gasteiger partial charge < -0.3 is 33.8 Å². The van der Waals surface area contributed by atoms with Crippen molar-refractivity contribution in [3.05, 3.63) is 146 Å². The van der Waals surface area contributed by atoms with E-state index in [4.69, 9.17) is 37.0 Å². The molecule has 19 heteroatoms. The summed E-state index contributed by atoms with van der Waals surface area (Å²) in [5.41, 5.74) is 0. The molecule has 0 radical (unpaired) electrons. The van der Waals surface area contributed by atoms with Gasteiger partial charge in [0.2, 0.25) is 0 Å². The first kappa shape index (κ1) is 101. The number of rotatable bonds is 76. The van der Waals surface area contributed by atoms with E-state index in [9.17, 15) is 43.2 Å². The third-order valence-electron chi connectivity index (χ3n) is 16.8.